The summed E-state index contributed by atoms with van der Waals surface area (Å²) in [6.07, 6.45) is 2.05. The fraction of sp³-hybridized carbons (Fsp3) is 0.667. The molecule has 2 amide bonds. The van der Waals surface area contributed by atoms with Gasteiger partial charge in [0.2, 0.25) is 11.8 Å². The summed E-state index contributed by atoms with van der Waals surface area (Å²) in [5.74, 6) is 0.172. The number of piperazine rings is 1. The molecule has 0 radical (unpaired) electrons. The summed E-state index contributed by atoms with van der Waals surface area (Å²) < 4.78 is 5.44. The summed E-state index contributed by atoms with van der Waals surface area (Å²) in [6.45, 7) is 11.4. The Morgan fingerprint density at radius 1 is 1.18 bits per heavy atom. The molecule has 154 valence electrons. The number of hydrogen-bond donors (Lipinski definition) is 0. The number of ether oxygens (including phenoxy) is 1. The lowest BCUT2D eigenvalue weighted by Gasteiger charge is -2.36. The number of pyridine rings is 1. The fourth-order valence-corrected chi connectivity index (χ4v) is 4.02. The highest BCUT2D eigenvalue weighted by Crippen LogP contribution is 2.33. The van der Waals surface area contributed by atoms with Crippen LogP contribution < -0.4 is 4.90 Å². The van der Waals surface area contributed by atoms with Gasteiger partial charge in [-0.05, 0) is 45.7 Å². The lowest BCUT2D eigenvalue weighted by atomic mass is 10.1. The van der Waals surface area contributed by atoms with Crippen molar-refractivity contribution in [2.45, 2.75) is 52.7 Å². The van der Waals surface area contributed by atoms with Crippen LogP contribution in [0.4, 0.5) is 5.69 Å². The summed E-state index contributed by atoms with van der Waals surface area (Å²) >= 11 is 0. The summed E-state index contributed by atoms with van der Waals surface area (Å²) in [4.78, 5) is 35.0. The molecule has 0 aromatic carbocycles. The van der Waals surface area contributed by atoms with Gasteiger partial charge in [0.1, 0.15) is 6.61 Å². The molecule has 0 aliphatic carbocycles. The average molecular weight is 389 g/mol. The van der Waals surface area contributed by atoms with E-state index in [1.54, 1.807) is 6.92 Å². The third-order valence-corrected chi connectivity index (χ3v) is 5.49. The lowest BCUT2D eigenvalue weighted by molar-refractivity contribution is -0.137. The average Bonchev–Trinajstić information content (AvgIpc) is 3.16. The number of aryl methyl sites for hydroxylation is 1. The van der Waals surface area contributed by atoms with Crippen LogP contribution in [0.25, 0.3) is 0 Å². The summed E-state index contributed by atoms with van der Waals surface area (Å²) in [6, 6.07) is 4.29. The molecule has 2 aliphatic rings. The third-order valence-electron chi connectivity index (χ3n) is 5.49. The molecular weight excluding hydrogens is 356 g/mol. The molecule has 3 rings (SSSR count). The first kappa shape index (κ1) is 20.6. The standard InChI is InChI=1S/C21H32N4O3/c1-15(2)28-14-21(27)24-10-8-23(9-11-24)18-12-16(3)22-19(13-18)20-6-5-7-25(20)17(4)26/h12-13,15,20H,5-11,14H2,1-4H3/t20-/m0/s1. The molecule has 0 bridgehead atoms. The van der Waals surface area contributed by atoms with Crippen molar-refractivity contribution in [2.24, 2.45) is 0 Å². The molecule has 0 saturated carbocycles. The molecule has 7 nitrogen and oxygen atoms in total. The zero-order valence-electron chi connectivity index (χ0n) is 17.5. The van der Waals surface area contributed by atoms with E-state index in [-0.39, 0.29) is 30.6 Å². The Balaban J connectivity index is 1.66. The number of aromatic nitrogens is 1. The molecule has 2 fully saturated rings. The Morgan fingerprint density at radius 2 is 1.89 bits per heavy atom. The van der Waals surface area contributed by atoms with Crippen molar-refractivity contribution >= 4 is 17.5 Å². The first-order chi connectivity index (χ1) is 13.3. The molecule has 1 aromatic rings. The van der Waals surface area contributed by atoms with Crippen LogP contribution in [0.1, 0.15) is 51.0 Å². The maximum atomic E-state index is 12.3. The number of anilines is 1. The molecule has 7 heteroatoms. The van der Waals surface area contributed by atoms with Crippen molar-refractivity contribution < 1.29 is 14.3 Å². The van der Waals surface area contributed by atoms with Gasteiger partial charge in [0.25, 0.3) is 0 Å². The number of carbonyl (C=O) groups is 2. The van der Waals surface area contributed by atoms with Gasteiger partial charge < -0.3 is 19.4 Å². The van der Waals surface area contributed by atoms with Gasteiger partial charge in [-0.2, -0.15) is 0 Å². The second-order valence-electron chi connectivity index (χ2n) is 7.99. The van der Waals surface area contributed by atoms with E-state index in [1.807, 2.05) is 30.6 Å². The Morgan fingerprint density at radius 3 is 2.54 bits per heavy atom. The van der Waals surface area contributed by atoms with Gasteiger partial charge >= 0.3 is 0 Å². The van der Waals surface area contributed by atoms with Crippen LogP contribution in [-0.2, 0) is 14.3 Å². The highest BCUT2D eigenvalue weighted by Gasteiger charge is 2.30. The van der Waals surface area contributed by atoms with Crippen LogP contribution in [0, 0.1) is 6.92 Å². The Labute approximate surface area is 167 Å². The van der Waals surface area contributed by atoms with E-state index in [1.165, 1.54) is 0 Å². The summed E-state index contributed by atoms with van der Waals surface area (Å²) in [7, 11) is 0. The maximum Gasteiger partial charge on any atom is 0.248 e. The van der Waals surface area contributed by atoms with Crippen molar-refractivity contribution in [3.63, 3.8) is 0 Å². The number of amides is 2. The first-order valence-corrected chi connectivity index (χ1v) is 10.2. The molecule has 0 unspecified atom stereocenters. The minimum absolute atomic E-state index is 0.0583. The van der Waals surface area contributed by atoms with Crippen LogP contribution in [0.3, 0.4) is 0 Å². The summed E-state index contributed by atoms with van der Waals surface area (Å²) in [5.41, 5.74) is 3.07. The molecule has 1 atom stereocenters. The molecule has 0 N–H and O–H groups in total. The summed E-state index contributed by atoms with van der Waals surface area (Å²) in [5, 5.41) is 0. The van der Waals surface area contributed by atoms with E-state index >= 15 is 0 Å². The predicted octanol–water partition coefficient (Wildman–Crippen LogP) is 2.15. The third kappa shape index (κ3) is 4.82. The zero-order valence-corrected chi connectivity index (χ0v) is 17.5. The molecule has 0 spiro atoms. The minimum atomic E-state index is 0.0583. The van der Waals surface area contributed by atoms with Crippen molar-refractivity contribution in [1.82, 2.24) is 14.8 Å². The van der Waals surface area contributed by atoms with E-state index in [9.17, 15) is 9.59 Å². The molecular formula is C21H32N4O3. The van der Waals surface area contributed by atoms with Crippen molar-refractivity contribution in [3.8, 4) is 0 Å². The second-order valence-corrected chi connectivity index (χ2v) is 7.99. The largest absolute Gasteiger partial charge is 0.369 e. The van der Waals surface area contributed by atoms with Crippen molar-refractivity contribution in [1.29, 1.82) is 0 Å². The zero-order chi connectivity index (χ0) is 20.3. The van der Waals surface area contributed by atoms with E-state index in [0.29, 0.717) is 13.1 Å². The number of rotatable bonds is 5. The van der Waals surface area contributed by atoms with Crippen molar-refractivity contribution in [2.75, 3.05) is 44.2 Å². The quantitative estimate of drug-likeness (QED) is 0.773. The molecule has 1 aromatic heterocycles. The number of likely N-dealkylation sites (tertiary alicyclic amines) is 1. The molecule has 28 heavy (non-hydrogen) atoms. The Kier molecular flexibility index (Phi) is 6.54. The Hall–Kier alpha value is -2.15. The number of hydrogen-bond acceptors (Lipinski definition) is 5. The molecule has 2 aliphatic heterocycles. The van der Waals surface area contributed by atoms with Gasteiger partial charge in [0.05, 0.1) is 17.8 Å². The van der Waals surface area contributed by atoms with Gasteiger partial charge in [0.15, 0.2) is 0 Å². The molecule has 2 saturated heterocycles. The maximum absolute atomic E-state index is 12.3. The predicted molar refractivity (Wildman–Crippen MR) is 108 cm³/mol. The van der Waals surface area contributed by atoms with Gasteiger partial charge in [-0.3, -0.25) is 14.6 Å². The van der Waals surface area contributed by atoms with Crippen LogP contribution in [0.15, 0.2) is 12.1 Å². The van der Waals surface area contributed by atoms with Crippen LogP contribution >= 0.6 is 0 Å². The minimum Gasteiger partial charge on any atom is -0.369 e. The highest BCUT2D eigenvalue weighted by molar-refractivity contribution is 5.78. The molecule has 3 heterocycles. The normalized spacial score (nSPS) is 20.2. The second kappa shape index (κ2) is 8.90. The number of carbonyl (C=O) groups excluding carboxylic acids is 2. The SMILES string of the molecule is CC(=O)N1CCC[C@H]1c1cc(N2CCN(C(=O)COC(C)C)CC2)cc(C)n1. The van der Waals surface area contributed by atoms with E-state index in [4.69, 9.17) is 9.72 Å². The van der Waals surface area contributed by atoms with Gasteiger partial charge in [-0.15, -0.1) is 0 Å². The van der Waals surface area contributed by atoms with Crippen LogP contribution in [-0.4, -0.2) is 72.0 Å². The monoisotopic (exact) mass is 388 g/mol. The Bertz CT molecular complexity index is 714. The van der Waals surface area contributed by atoms with Crippen molar-refractivity contribution in [3.05, 3.63) is 23.5 Å². The van der Waals surface area contributed by atoms with Crippen LogP contribution in [0.5, 0.6) is 0 Å². The van der Waals surface area contributed by atoms with Gasteiger partial charge in [-0.25, -0.2) is 0 Å². The lowest BCUT2D eigenvalue weighted by Crippen LogP contribution is -2.50. The van der Waals surface area contributed by atoms with Gasteiger partial charge in [-0.1, -0.05) is 0 Å². The van der Waals surface area contributed by atoms with E-state index < -0.39 is 0 Å². The fourth-order valence-electron chi connectivity index (χ4n) is 4.02. The smallest absolute Gasteiger partial charge is 0.248 e. The highest BCUT2D eigenvalue weighted by atomic mass is 16.5. The van der Waals surface area contributed by atoms with Gasteiger partial charge in [0, 0.05) is 51.0 Å². The number of nitrogens with zero attached hydrogens (tertiary/aromatic N) is 4. The first-order valence-electron chi connectivity index (χ1n) is 10.2. The van der Waals surface area contributed by atoms with E-state index in [0.717, 1.165) is 49.6 Å². The topological polar surface area (TPSA) is 66.0 Å². The van der Waals surface area contributed by atoms with Crippen LogP contribution in [0.2, 0.25) is 0 Å². The van der Waals surface area contributed by atoms with E-state index in [2.05, 4.69) is 17.0 Å².